The first-order valence-corrected chi connectivity index (χ1v) is 20.0. The van der Waals surface area contributed by atoms with Crippen LogP contribution in [0.1, 0.15) is 183 Å². The number of aliphatic hydroxyl groups is 1. The normalized spacial score (nSPS) is 21.7. The highest BCUT2D eigenvalue weighted by Gasteiger charge is 2.54. The third-order valence-electron chi connectivity index (χ3n) is 12.5. The molecular weight excluding hydrogens is 602 g/mol. The molecule has 0 aromatic heterocycles. The molecule has 6 heteroatoms. The molecule has 1 fully saturated rings. The largest absolute Gasteiger partial charge is 0.494 e. The van der Waals surface area contributed by atoms with Crippen LogP contribution in [0.15, 0.2) is 36.4 Å². The number of fused-ring (bicyclic) bond motifs is 3. The molecule has 4 nitrogen and oxygen atoms in total. The predicted octanol–water partition coefficient (Wildman–Crippen LogP) is 10.3. The summed E-state index contributed by atoms with van der Waals surface area (Å²) >= 11 is 0. The summed E-state index contributed by atoms with van der Waals surface area (Å²) in [7, 11) is 1.49. The van der Waals surface area contributed by atoms with Crippen molar-refractivity contribution in [1.82, 2.24) is 0 Å². The van der Waals surface area contributed by atoms with E-state index >= 15 is 0 Å². The van der Waals surface area contributed by atoms with Crippen molar-refractivity contribution < 1.29 is 19.1 Å². The smallest absolute Gasteiger partial charge is 0.427 e. The van der Waals surface area contributed by atoms with Crippen LogP contribution in [-0.4, -0.2) is 42.1 Å². The Labute approximate surface area is 302 Å². The van der Waals surface area contributed by atoms with E-state index < -0.39 is 11.2 Å². The van der Waals surface area contributed by atoms with Crippen molar-refractivity contribution in [2.45, 2.75) is 200 Å². The number of benzene rings is 2. The summed E-state index contributed by atoms with van der Waals surface area (Å²) in [6, 6.07) is 13.9. The van der Waals surface area contributed by atoms with E-state index in [4.69, 9.17) is 14.0 Å². The zero-order valence-electron chi connectivity index (χ0n) is 33.1. The van der Waals surface area contributed by atoms with Gasteiger partial charge in [0.25, 0.3) is 0 Å². The number of hydrogen-bond donors (Lipinski definition) is 1. The van der Waals surface area contributed by atoms with Crippen LogP contribution in [0.3, 0.4) is 0 Å². The fourth-order valence-corrected chi connectivity index (χ4v) is 7.80. The van der Waals surface area contributed by atoms with Crippen LogP contribution < -0.4 is 10.9 Å². The second-order valence-corrected chi connectivity index (χ2v) is 17.0. The van der Waals surface area contributed by atoms with Gasteiger partial charge in [-0.25, -0.2) is 0 Å². The van der Waals surface area contributed by atoms with Gasteiger partial charge in [-0.05, 0) is 95.4 Å². The summed E-state index contributed by atoms with van der Waals surface area (Å²) in [5.74, 6) is 0. The van der Waals surface area contributed by atoms with Gasteiger partial charge in [0.15, 0.2) is 0 Å². The Morgan fingerprint density at radius 1 is 0.694 bits per heavy atom. The Morgan fingerprint density at radius 3 is 1.71 bits per heavy atom. The van der Waals surface area contributed by atoms with Gasteiger partial charge in [-0.2, -0.15) is 0 Å². The van der Waals surface area contributed by atoms with Gasteiger partial charge in [-0.3, -0.25) is 0 Å². The Hall–Kier alpha value is -1.59. The summed E-state index contributed by atoms with van der Waals surface area (Å²) in [4.78, 5) is 0. The van der Waals surface area contributed by atoms with Crippen LogP contribution in [-0.2, 0) is 19.4 Å². The molecule has 1 N–H and O–H groups in total. The second kappa shape index (κ2) is 16.8. The highest BCUT2D eigenvalue weighted by Crippen LogP contribution is 2.54. The molecule has 4 rings (SSSR count). The van der Waals surface area contributed by atoms with Crippen molar-refractivity contribution in [3.63, 3.8) is 0 Å². The lowest BCUT2D eigenvalue weighted by atomic mass is 9.67. The molecule has 49 heavy (non-hydrogen) atoms. The minimum Gasteiger partial charge on any atom is -0.427 e. The first-order chi connectivity index (χ1) is 23.1. The molecule has 2 unspecified atom stereocenters. The molecule has 2 aromatic rings. The summed E-state index contributed by atoms with van der Waals surface area (Å²) in [5, 5.41) is 10.8. The van der Waals surface area contributed by atoms with E-state index in [0.717, 1.165) is 30.2 Å². The van der Waals surface area contributed by atoms with Crippen LogP contribution in [0.25, 0.3) is 11.1 Å². The van der Waals surface area contributed by atoms with E-state index in [9.17, 15) is 5.11 Å². The van der Waals surface area contributed by atoms with Gasteiger partial charge in [-0.1, -0.05) is 146 Å². The van der Waals surface area contributed by atoms with Crippen LogP contribution in [0.4, 0.5) is 0 Å². The van der Waals surface area contributed by atoms with Crippen molar-refractivity contribution in [2.75, 3.05) is 0 Å². The third kappa shape index (κ3) is 9.08. The molecule has 1 radical (unpaired) electrons. The van der Waals surface area contributed by atoms with Crippen LogP contribution in [0.2, 0.25) is 0 Å². The molecule has 0 bridgehead atoms. The molecule has 2 aliphatic rings. The molecule has 1 heterocycles. The predicted molar refractivity (Wildman–Crippen MR) is 210 cm³/mol. The maximum atomic E-state index is 10.8. The van der Waals surface area contributed by atoms with E-state index in [0.29, 0.717) is 0 Å². The standard InChI is InChI=1S/C43H69B2O4/c1-11-14-16-18-20-22-24-30-43(29-23-21-19-17-15-12-2)37-31-33(44-47-40(6,7)39(4,5)46)25-27-35(37)36-28-26-34(32-38(36)43)45-48-41(8,9)42(10,13-3)49-45/h25-28,31-32,46H,11-24,29-30H2,1-10H3. The van der Waals surface area contributed by atoms with E-state index in [2.05, 4.69) is 77.9 Å². The molecule has 0 saturated carbocycles. The van der Waals surface area contributed by atoms with Gasteiger partial charge in [0, 0.05) is 5.41 Å². The van der Waals surface area contributed by atoms with E-state index in [1.54, 1.807) is 0 Å². The first-order valence-electron chi connectivity index (χ1n) is 20.0. The summed E-state index contributed by atoms with van der Waals surface area (Å²) in [6.07, 6.45) is 20.0. The third-order valence-corrected chi connectivity index (χ3v) is 12.5. The lowest BCUT2D eigenvalue weighted by molar-refractivity contribution is -0.0893. The van der Waals surface area contributed by atoms with Gasteiger partial charge in [-0.15, -0.1) is 0 Å². The zero-order chi connectivity index (χ0) is 35.9. The molecule has 271 valence electrons. The maximum Gasteiger partial charge on any atom is 0.494 e. The maximum absolute atomic E-state index is 10.8. The molecule has 2 aromatic carbocycles. The number of rotatable bonds is 21. The second-order valence-electron chi connectivity index (χ2n) is 17.0. The quantitative estimate of drug-likeness (QED) is 0.106. The molecule has 0 spiro atoms. The van der Waals surface area contributed by atoms with Crippen LogP contribution in [0, 0.1) is 0 Å². The van der Waals surface area contributed by atoms with Crippen molar-refractivity contribution >= 4 is 25.5 Å². The Balaban J connectivity index is 1.73. The highest BCUT2D eigenvalue weighted by atomic mass is 16.7. The fourth-order valence-electron chi connectivity index (χ4n) is 7.80. The zero-order valence-corrected chi connectivity index (χ0v) is 33.1. The molecule has 1 aliphatic heterocycles. The number of unbranched alkanes of at least 4 members (excludes halogenated alkanes) is 11. The summed E-state index contributed by atoms with van der Waals surface area (Å²) < 4.78 is 19.7. The topological polar surface area (TPSA) is 47.9 Å². The van der Waals surface area contributed by atoms with Gasteiger partial charge in [0.1, 0.15) is 0 Å². The summed E-state index contributed by atoms with van der Waals surface area (Å²) in [6.45, 7) is 20.9. The lowest BCUT2D eigenvalue weighted by Gasteiger charge is -2.37. The lowest BCUT2D eigenvalue weighted by Crippen LogP contribution is -2.49. The molecule has 1 saturated heterocycles. The average Bonchev–Trinajstić information content (AvgIpc) is 3.47. The van der Waals surface area contributed by atoms with E-state index in [-0.39, 0.29) is 23.7 Å². The molecule has 2 atom stereocenters. The fraction of sp³-hybridized carbons (Fsp3) is 0.721. The van der Waals surface area contributed by atoms with Crippen LogP contribution in [0.5, 0.6) is 0 Å². The first kappa shape index (κ1) is 40.2. The minimum atomic E-state index is -0.974. The number of hydrogen-bond acceptors (Lipinski definition) is 4. The van der Waals surface area contributed by atoms with Crippen molar-refractivity contribution in [3.05, 3.63) is 47.5 Å². The van der Waals surface area contributed by atoms with Gasteiger partial charge >= 0.3 is 14.6 Å². The van der Waals surface area contributed by atoms with Crippen molar-refractivity contribution in [3.8, 4) is 11.1 Å². The Bertz CT molecular complexity index is 1350. The Morgan fingerprint density at radius 2 is 1.20 bits per heavy atom. The highest BCUT2D eigenvalue weighted by molar-refractivity contribution is 6.62. The van der Waals surface area contributed by atoms with Crippen molar-refractivity contribution in [2.24, 2.45) is 0 Å². The summed E-state index contributed by atoms with van der Waals surface area (Å²) in [5.41, 5.74) is 5.29. The average molecular weight is 672 g/mol. The molecular formula is C43H69B2O4. The van der Waals surface area contributed by atoms with Crippen molar-refractivity contribution in [1.29, 1.82) is 0 Å². The molecule has 1 aliphatic carbocycles. The van der Waals surface area contributed by atoms with Crippen LogP contribution >= 0.6 is 0 Å². The van der Waals surface area contributed by atoms with E-state index in [1.165, 1.54) is 106 Å². The minimum absolute atomic E-state index is 0.0767. The SMILES string of the molecule is CCCCCCCCCC1(CCCCCCCC)c2cc([B]OC(C)(C)C(C)(C)O)ccc2-c2ccc(B3OC(C)(C)C(C)(CC)O3)cc21. The Kier molecular flexibility index (Phi) is 13.8. The monoisotopic (exact) mass is 672 g/mol. The van der Waals surface area contributed by atoms with Gasteiger partial charge in [0.05, 0.1) is 22.4 Å². The van der Waals surface area contributed by atoms with Gasteiger partial charge < -0.3 is 19.1 Å². The molecule has 0 amide bonds. The van der Waals surface area contributed by atoms with Gasteiger partial charge in [0.2, 0.25) is 0 Å². The van der Waals surface area contributed by atoms with E-state index in [1.807, 2.05) is 35.2 Å².